The summed E-state index contributed by atoms with van der Waals surface area (Å²) in [6.45, 7) is 4.61. The Morgan fingerprint density at radius 3 is 2.70 bits per heavy atom. The van der Waals surface area contributed by atoms with Gasteiger partial charge in [-0.2, -0.15) is 0 Å². The minimum absolute atomic E-state index is 0.0315. The van der Waals surface area contributed by atoms with Crippen LogP contribution < -0.4 is 5.32 Å². The Morgan fingerprint density at radius 1 is 1.10 bits per heavy atom. The Hall–Kier alpha value is -1.94. The molecule has 4 heteroatoms. The van der Waals surface area contributed by atoms with Gasteiger partial charge in [0.05, 0.1) is 6.61 Å². The van der Waals surface area contributed by atoms with Crippen molar-refractivity contribution < 1.29 is 14.7 Å². The molecule has 2 N–H and O–H groups in total. The Bertz CT molecular complexity index is 907. The lowest BCUT2D eigenvalue weighted by molar-refractivity contribution is -0.122. The summed E-state index contributed by atoms with van der Waals surface area (Å²) in [6, 6.07) is 7.80. The summed E-state index contributed by atoms with van der Waals surface area (Å²) in [5.41, 5.74) is 1.52. The second-order valence-electron chi connectivity index (χ2n) is 10.6. The number of amides is 1. The van der Waals surface area contributed by atoms with E-state index in [-0.39, 0.29) is 41.1 Å². The number of benzene rings is 1. The fourth-order valence-electron chi connectivity index (χ4n) is 7.85. The van der Waals surface area contributed by atoms with Crippen LogP contribution in [-0.4, -0.2) is 22.8 Å². The predicted octanol–water partition coefficient (Wildman–Crippen LogP) is 4.28. The summed E-state index contributed by atoms with van der Waals surface area (Å²) in [6.07, 6.45) is 10.4. The average Bonchev–Trinajstić information content (AvgIpc) is 3.11. The number of hydrogen-bond acceptors (Lipinski definition) is 3. The van der Waals surface area contributed by atoms with E-state index >= 15 is 0 Å². The number of aliphatic hydroxyl groups excluding tert-OH is 1. The van der Waals surface area contributed by atoms with E-state index in [1.54, 1.807) is 6.08 Å². The molecule has 1 aromatic carbocycles. The lowest BCUT2D eigenvalue weighted by Gasteiger charge is -2.58. The number of rotatable bonds is 3. The molecule has 3 fully saturated rings. The topological polar surface area (TPSA) is 66.4 Å². The van der Waals surface area contributed by atoms with Gasteiger partial charge in [-0.15, -0.1) is 0 Å². The zero-order valence-corrected chi connectivity index (χ0v) is 18.1. The molecule has 1 aliphatic heterocycles. The molecule has 3 saturated carbocycles. The van der Waals surface area contributed by atoms with Crippen molar-refractivity contribution >= 4 is 11.7 Å². The zero-order chi connectivity index (χ0) is 21.1. The third kappa shape index (κ3) is 2.76. The Labute approximate surface area is 179 Å². The Balaban J connectivity index is 1.44. The molecule has 0 aromatic heterocycles. The smallest absolute Gasteiger partial charge is 0.243 e. The van der Waals surface area contributed by atoms with Crippen LogP contribution in [0.2, 0.25) is 0 Å². The molecule has 7 atom stereocenters. The Kier molecular flexibility index (Phi) is 4.70. The van der Waals surface area contributed by atoms with Crippen LogP contribution in [0.5, 0.6) is 0 Å². The van der Waals surface area contributed by atoms with Gasteiger partial charge in [-0.1, -0.05) is 44.2 Å². The van der Waals surface area contributed by atoms with Crippen molar-refractivity contribution in [3.8, 4) is 0 Å². The van der Waals surface area contributed by atoms with Crippen molar-refractivity contribution in [1.29, 1.82) is 0 Å². The van der Waals surface area contributed by atoms with Gasteiger partial charge in [0.1, 0.15) is 0 Å². The predicted molar refractivity (Wildman–Crippen MR) is 116 cm³/mol. The highest BCUT2D eigenvalue weighted by Crippen LogP contribution is 2.65. The zero-order valence-electron chi connectivity index (χ0n) is 18.1. The first-order valence-electron chi connectivity index (χ1n) is 11.6. The molecule has 1 amide bonds. The van der Waals surface area contributed by atoms with Crippen LogP contribution in [0.4, 0.5) is 0 Å². The molecule has 30 heavy (non-hydrogen) atoms. The van der Waals surface area contributed by atoms with Crippen LogP contribution in [0.1, 0.15) is 68.3 Å². The monoisotopic (exact) mass is 407 g/mol. The first-order valence-corrected chi connectivity index (χ1v) is 11.6. The van der Waals surface area contributed by atoms with Crippen molar-refractivity contribution in [2.24, 2.45) is 34.5 Å². The number of hydrogen-bond donors (Lipinski definition) is 2. The molecule has 0 spiro atoms. The maximum atomic E-state index is 13.6. The van der Waals surface area contributed by atoms with Gasteiger partial charge in [-0.05, 0) is 73.3 Å². The molecule has 0 saturated heterocycles. The van der Waals surface area contributed by atoms with E-state index in [1.807, 2.05) is 24.3 Å². The SMILES string of the molecule is C[C@]12C=CC(=O)NC1CC[C@@H]1[C@H]2CC[C@]2(C)C(C(=O)c3ccccc3CO)CC[C@@H]12. The van der Waals surface area contributed by atoms with Crippen molar-refractivity contribution in [1.82, 2.24) is 5.32 Å². The third-order valence-corrected chi connectivity index (χ3v) is 9.46. The summed E-state index contributed by atoms with van der Waals surface area (Å²) in [4.78, 5) is 25.5. The molecule has 3 aliphatic carbocycles. The summed E-state index contributed by atoms with van der Waals surface area (Å²) in [5, 5.41) is 12.9. The van der Waals surface area contributed by atoms with E-state index in [0.717, 1.165) is 44.1 Å². The third-order valence-electron chi connectivity index (χ3n) is 9.46. The van der Waals surface area contributed by atoms with Crippen LogP contribution in [0.3, 0.4) is 0 Å². The standard InChI is InChI=1S/C26H33NO3/c1-25-13-11-20-18(7-10-22-26(20,2)14-12-23(29)27-22)19(25)8-9-21(25)24(30)17-6-4-3-5-16(17)15-28/h3-6,12,14,18-22,28H,7-11,13,15H2,1-2H3,(H,27,29)/t18-,19-,20+,21?,22?,25-,26+/m0/s1. The number of Topliss-reactive ketones (excluding diaryl/α,β-unsaturated/α-hetero) is 1. The fourth-order valence-corrected chi connectivity index (χ4v) is 7.85. The minimum atomic E-state index is -0.0860. The summed E-state index contributed by atoms with van der Waals surface area (Å²) in [7, 11) is 0. The average molecular weight is 408 g/mol. The van der Waals surface area contributed by atoms with E-state index in [4.69, 9.17) is 0 Å². The number of carbonyl (C=O) groups excluding carboxylic acids is 2. The van der Waals surface area contributed by atoms with Crippen LogP contribution in [0.15, 0.2) is 36.4 Å². The van der Waals surface area contributed by atoms with Gasteiger partial charge in [0.15, 0.2) is 5.78 Å². The van der Waals surface area contributed by atoms with Gasteiger partial charge in [-0.3, -0.25) is 9.59 Å². The number of ketones is 1. The molecule has 1 heterocycles. The van der Waals surface area contributed by atoms with E-state index in [1.165, 1.54) is 0 Å². The van der Waals surface area contributed by atoms with E-state index < -0.39 is 0 Å². The summed E-state index contributed by atoms with van der Waals surface area (Å²) in [5.74, 6) is 2.08. The van der Waals surface area contributed by atoms with Gasteiger partial charge in [0, 0.05) is 22.9 Å². The number of fused-ring (bicyclic) bond motifs is 5. The molecule has 0 bridgehead atoms. The molecular weight excluding hydrogens is 374 g/mol. The van der Waals surface area contributed by atoms with Crippen LogP contribution in [0, 0.1) is 34.5 Å². The summed E-state index contributed by atoms with van der Waals surface area (Å²) < 4.78 is 0. The lowest BCUT2D eigenvalue weighted by Crippen LogP contribution is -2.59. The molecule has 1 aromatic rings. The number of aliphatic hydroxyl groups is 1. The summed E-state index contributed by atoms with van der Waals surface area (Å²) >= 11 is 0. The fraction of sp³-hybridized carbons (Fsp3) is 0.615. The molecule has 4 nitrogen and oxygen atoms in total. The van der Waals surface area contributed by atoms with Gasteiger partial charge < -0.3 is 10.4 Å². The quantitative estimate of drug-likeness (QED) is 0.735. The van der Waals surface area contributed by atoms with Crippen molar-refractivity contribution in [2.45, 2.75) is 65.0 Å². The van der Waals surface area contributed by atoms with Gasteiger partial charge in [0.2, 0.25) is 5.91 Å². The second kappa shape index (κ2) is 7.05. The first kappa shape index (κ1) is 20.0. The van der Waals surface area contributed by atoms with Crippen molar-refractivity contribution in [3.05, 3.63) is 47.5 Å². The normalized spacial score (nSPS) is 42.1. The molecule has 0 radical (unpaired) electrons. The number of nitrogens with one attached hydrogen (secondary N) is 1. The van der Waals surface area contributed by atoms with E-state index in [2.05, 4.69) is 25.2 Å². The molecule has 2 unspecified atom stereocenters. The largest absolute Gasteiger partial charge is 0.392 e. The van der Waals surface area contributed by atoms with Crippen LogP contribution in [-0.2, 0) is 11.4 Å². The maximum Gasteiger partial charge on any atom is 0.243 e. The van der Waals surface area contributed by atoms with Gasteiger partial charge in [-0.25, -0.2) is 0 Å². The minimum Gasteiger partial charge on any atom is -0.392 e. The highest BCUT2D eigenvalue weighted by molar-refractivity contribution is 5.99. The second-order valence-corrected chi connectivity index (χ2v) is 10.6. The van der Waals surface area contributed by atoms with E-state index in [9.17, 15) is 14.7 Å². The van der Waals surface area contributed by atoms with Crippen molar-refractivity contribution in [2.75, 3.05) is 0 Å². The van der Waals surface area contributed by atoms with Crippen LogP contribution >= 0.6 is 0 Å². The lowest BCUT2D eigenvalue weighted by atomic mass is 9.47. The van der Waals surface area contributed by atoms with Crippen molar-refractivity contribution in [3.63, 3.8) is 0 Å². The highest BCUT2D eigenvalue weighted by Gasteiger charge is 2.60. The van der Waals surface area contributed by atoms with Crippen LogP contribution in [0.25, 0.3) is 0 Å². The molecule has 5 rings (SSSR count). The number of carbonyl (C=O) groups is 2. The van der Waals surface area contributed by atoms with E-state index in [0.29, 0.717) is 23.3 Å². The van der Waals surface area contributed by atoms with Gasteiger partial charge in [0.25, 0.3) is 0 Å². The first-order chi connectivity index (χ1) is 14.4. The maximum absolute atomic E-state index is 13.6. The molecule has 4 aliphatic rings. The Morgan fingerprint density at radius 2 is 1.90 bits per heavy atom. The van der Waals surface area contributed by atoms with Gasteiger partial charge >= 0.3 is 0 Å². The molecular formula is C26H33NO3. The highest BCUT2D eigenvalue weighted by atomic mass is 16.3. The molecule has 160 valence electrons.